The minimum Gasteiger partial charge on any atom is -0.469 e. The molecule has 6 heteroatoms. The van der Waals surface area contributed by atoms with Crippen molar-refractivity contribution in [3.8, 4) is 0 Å². The van der Waals surface area contributed by atoms with Crippen molar-refractivity contribution >= 4 is 17.4 Å². The van der Waals surface area contributed by atoms with Crippen molar-refractivity contribution in [3.63, 3.8) is 0 Å². The summed E-state index contributed by atoms with van der Waals surface area (Å²) >= 11 is 0. The maximum Gasteiger partial charge on any atom is 0.310 e. The molecule has 5 fully saturated rings. The molecule has 0 aromatic heterocycles. The van der Waals surface area contributed by atoms with Crippen LogP contribution in [0.1, 0.15) is 18.9 Å². The zero-order chi connectivity index (χ0) is 18.5. The number of hydrogen-bond acceptors (Lipinski definition) is 6. The highest BCUT2D eigenvalue weighted by molar-refractivity contribution is 6.10. The number of hydrogen-bond donors (Lipinski definition) is 0. The average Bonchev–Trinajstić information content (AvgIpc) is 3.23. The largest absolute Gasteiger partial charge is 0.469 e. The first-order valence-corrected chi connectivity index (χ1v) is 9.58. The molecule has 2 aliphatic carbocycles. The van der Waals surface area contributed by atoms with E-state index in [4.69, 9.17) is 19.3 Å². The second-order valence-corrected chi connectivity index (χ2v) is 8.07. The molecule has 140 valence electrons. The van der Waals surface area contributed by atoms with Gasteiger partial charge in [0, 0.05) is 13.0 Å². The third-order valence-corrected chi connectivity index (χ3v) is 7.46. The predicted molar refractivity (Wildman–Crippen MR) is 97.4 cm³/mol. The Balaban J connectivity index is 1.70. The molecule has 4 aliphatic heterocycles. The zero-order valence-electron chi connectivity index (χ0n) is 15.6. The summed E-state index contributed by atoms with van der Waals surface area (Å²) in [5.41, 5.74) is 3.93. The Labute approximate surface area is 157 Å². The summed E-state index contributed by atoms with van der Waals surface area (Å²) in [6, 6.07) is 8.42. The van der Waals surface area contributed by atoms with Gasteiger partial charge in [0.25, 0.3) is 0 Å². The highest BCUT2D eigenvalue weighted by atomic mass is 16.8. The summed E-state index contributed by atoms with van der Waals surface area (Å²) in [6.07, 6.45) is 2.59. The fraction of sp³-hybridized carbons (Fsp3) is 0.524. The lowest BCUT2D eigenvalue weighted by atomic mass is 9.42. The monoisotopic (exact) mass is 366 g/mol. The SMILES string of the molecule is C/C=C1/C2[C@@H]3[C@@H](OC)ON2[C@H]2C[C@@H]1[C@@H](C(=O)OC)[C@]31C2=Nc2ccccc21. The van der Waals surface area contributed by atoms with Crippen molar-refractivity contribution in [1.82, 2.24) is 5.06 Å². The molecular formula is C21H22N2O4. The van der Waals surface area contributed by atoms with Crippen LogP contribution in [0.15, 0.2) is 40.9 Å². The van der Waals surface area contributed by atoms with E-state index in [-0.39, 0.29) is 35.8 Å². The van der Waals surface area contributed by atoms with E-state index in [2.05, 4.69) is 24.1 Å². The number of methoxy groups -OCH3 is 2. The van der Waals surface area contributed by atoms with Crippen LogP contribution in [0.4, 0.5) is 5.69 Å². The van der Waals surface area contributed by atoms with Gasteiger partial charge in [0.15, 0.2) is 6.29 Å². The molecule has 1 aromatic carbocycles. The third-order valence-electron chi connectivity index (χ3n) is 7.46. The number of rotatable bonds is 2. The lowest BCUT2D eigenvalue weighted by molar-refractivity contribution is -0.243. The number of nitrogens with zero attached hydrogens (tertiary/aromatic N) is 2. The highest BCUT2D eigenvalue weighted by Gasteiger charge is 2.78. The Hall–Kier alpha value is -2.02. The quantitative estimate of drug-likeness (QED) is 0.594. The van der Waals surface area contributed by atoms with E-state index < -0.39 is 11.7 Å². The molecule has 6 bridgehead atoms. The van der Waals surface area contributed by atoms with Crippen LogP contribution in [0.5, 0.6) is 0 Å². The molecule has 27 heavy (non-hydrogen) atoms. The van der Waals surface area contributed by atoms with Crippen molar-refractivity contribution in [2.75, 3.05) is 14.2 Å². The zero-order valence-corrected chi connectivity index (χ0v) is 15.6. The Morgan fingerprint density at radius 2 is 2.19 bits per heavy atom. The Bertz CT molecular complexity index is 925. The van der Waals surface area contributed by atoms with Crippen LogP contribution in [-0.4, -0.2) is 49.3 Å². The average molecular weight is 366 g/mol. The van der Waals surface area contributed by atoms with Gasteiger partial charge in [-0.3, -0.25) is 14.6 Å². The maximum atomic E-state index is 13.2. The first kappa shape index (κ1) is 16.0. The molecule has 7 rings (SSSR count). The molecule has 2 saturated carbocycles. The summed E-state index contributed by atoms with van der Waals surface area (Å²) in [5, 5.41) is 2.10. The molecule has 2 unspecified atom stereocenters. The standard InChI is InChI=1S/C21H22N2O4/c1-4-10-11-9-14-18-21(15(11)19(24)25-2,12-7-5-6-8-13(12)22-18)16-17(10)23(14)27-20(16)26-3/h4-8,11,14-17,20H,9H2,1-3H3/b10-4+/t11-,14-,15-,16+,17?,20-,21-/m0/s1. The van der Waals surface area contributed by atoms with Gasteiger partial charge in [-0.05, 0) is 30.9 Å². The Morgan fingerprint density at radius 3 is 2.93 bits per heavy atom. The number of piperidine rings is 2. The number of para-hydroxylation sites is 1. The second-order valence-electron chi connectivity index (χ2n) is 8.07. The number of ether oxygens (including phenoxy) is 2. The minimum absolute atomic E-state index is 0.0204. The first-order valence-electron chi connectivity index (χ1n) is 9.58. The number of esters is 1. The second kappa shape index (κ2) is 5.07. The van der Waals surface area contributed by atoms with Gasteiger partial charge in [-0.1, -0.05) is 29.8 Å². The number of hydroxylamine groups is 2. The molecule has 1 aromatic rings. The Kier molecular flexibility index (Phi) is 3.00. The van der Waals surface area contributed by atoms with E-state index >= 15 is 0 Å². The van der Waals surface area contributed by atoms with Crippen LogP contribution in [0.3, 0.4) is 0 Å². The van der Waals surface area contributed by atoms with E-state index in [9.17, 15) is 4.79 Å². The van der Waals surface area contributed by atoms with Crippen molar-refractivity contribution in [2.45, 2.75) is 37.1 Å². The third kappa shape index (κ3) is 1.53. The van der Waals surface area contributed by atoms with Crippen molar-refractivity contribution in [1.29, 1.82) is 0 Å². The smallest absolute Gasteiger partial charge is 0.310 e. The number of aliphatic imine (C=N–C) groups is 1. The normalized spacial score (nSPS) is 46.4. The van der Waals surface area contributed by atoms with Crippen molar-refractivity contribution in [2.24, 2.45) is 22.7 Å². The van der Waals surface area contributed by atoms with Gasteiger partial charge in [-0.2, -0.15) is 5.06 Å². The summed E-state index contributed by atoms with van der Waals surface area (Å²) in [7, 11) is 3.17. The molecule has 0 amide bonds. The topological polar surface area (TPSA) is 60.4 Å². The highest BCUT2D eigenvalue weighted by Crippen LogP contribution is 2.69. The maximum absolute atomic E-state index is 13.2. The van der Waals surface area contributed by atoms with Gasteiger partial charge in [0.2, 0.25) is 0 Å². The van der Waals surface area contributed by atoms with E-state index in [1.807, 2.05) is 18.2 Å². The molecule has 6 aliphatic rings. The number of carbonyl (C=O) groups excluding carboxylic acids is 1. The van der Waals surface area contributed by atoms with E-state index in [1.165, 1.54) is 12.7 Å². The van der Waals surface area contributed by atoms with Gasteiger partial charge in [0.05, 0.1) is 41.9 Å². The predicted octanol–water partition coefficient (Wildman–Crippen LogP) is 2.37. The molecule has 4 heterocycles. The van der Waals surface area contributed by atoms with Crippen LogP contribution in [0.2, 0.25) is 0 Å². The van der Waals surface area contributed by atoms with Crippen LogP contribution < -0.4 is 0 Å². The van der Waals surface area contributed by atoms with E-state index in [1.54, 1.807) is 7.11 Å². The van der Waals surface area contributed by atoms with Crippen LogP contribution in [-0.2, 0) is 24.5 Å². The molecular weight excluding hydrogens is 344 g/mol. The molecule has 6 nitrogen and oxygen atoms in total. The minimum atomic E-state index is -0.512. The molecule has 3 saturated heterocycles. The molecule has 8 atom stereocenters. The lowest BCUT2D eigenvalue weighted by Gasteiger charge is -2.63. The fourth-order valence-electron chi connectivity index (χ4n) is 6.79. The molecule has 1 spiro atoms. The summed E-state index contributed by atoms with van der Waals surface area (Å²) in [6.45, 7) is 2.06. The number of carbonyl (C=O) groups is 1. The van der Waals surface area contributed by atoms with Crippen molar-refractivity contribution < 1.29 is 19.1 Å². The number of benzene rings is 1. The lowest BCUT2D eigenvalue weighted by Crippen LogP contribution is -2.75. The summed E-state index contributed by atoms with van der Waals surface area (Å²) in [5.74, 6) is -0.326. The van der Waals surface area contributed by atoms with Gasteiger partial charge in [0.1, 0.15) is 0 Å². The van der Waals surface area contributed by atoms with Crippen LogP contribution >= 0.6 is 0 Å². The summed E-state index contributed by atoms with van der Waals surface area (Å²) < 4.78 is 11.1. The van der Waals surface area contributed by atoms with E-state index in [0.717, 1.165) is 23.4 Å². The summed E-state index contributed by atoms with van der Waals surface area (Å²) in [4.78, 5) is 24.5. The Morgan fingerprint density at radius 1 is 1.37 bits per heavy atom. The van der Waals surface area contributed by atoms with E-state index in [0.29, 0.717) is 0 Å². The van der Waals surface area contributed by atoms with Crippen molar-refractivity contribution in [3.05, 3.63) is 41.5 Å². The molecule has 0 radical (unpaired) electrons. The van der Waals surface area contributed by atoms with Gasteiger partial charge in [-0.15, -0.1) is 0 Å². The van der Waals surface area contributed by atoms with Crippen LogP contribution in [0, 0.1) is 17.8 Å². The number of fused-ring (bicyclic) bond motifs is 1. The first-order chi connectivity index (χ1) is 13.2. The van der Waals surface area contributed by atoms with Gasteiger partial charge in [-0.25, -0.2) is 0 Å². The van der Waals surface area contributed by atoms with Gasteiger partial charge < -0.3 is 9.47 Å². The molecule has 0 N–H and O–H groups in total. The van der Waals surface area contributed by atoms with Gasteiger partial charge >= 0.3 is 5.97 Å². The fourth-order valence-corrected chi connectivity index (χ4v) is 6.79. The number of allylic oxidation sites excluding steroid dienone is 1. The van der Waals surface area contributed by atoms with Crippen LogP contribution in [0.25, 0.3) is 0 Å².